The quantitative estimate of drug-likeness (QED) is 0.891. The summed E-state index contributed by atoms with van der Waals surface area (Å²) < 4.78 is 27.4. The smallest absolute Gasteiger partial charge is 0.241 e. The third kappa shape index (κ3) is 3.46. The number of rotatable bonds is 5. The molecule has 0 saturated heterocycles. The lowest BCUT2D eigenvalue weighted by Gasteiger charge is -2.13. The minimum Gasteiger partial charge on any atom is -0.326 e. The fraction of sp³-hybridized carbons (Fsp3) is 0.286. The molecule has 1 atom stereocenters. The second-order valence-electron chi connectivity index (χ2n) is 4.64. The summed E-state index contributed by atoms with van der Waals surface area (Å²) in [6, 6.07) is 10.4. The minimum absolute atomic E-state index is 0.250. The van der Waals surface area contributed by atoms with Gasteiger partial charge in [0, 0.05) is 16.3 Å². The SMILES string of the molecule is Cc1ccc(C(C)NS(=O)(=O)c2cccc(CN)c2)s1. The molecule has 20 heavy (non-hydrogen) atoms. The fourth-order valence-electron chi connectivity index (χ4n) is 1.88. The minimum atomic E-state index is -3.53. The molecule has 1 unspecified atom stereocenters. The Balaban J connectivity index is 2.22. The maximum Gasteiger partial charge on any atom is 0.241 e. The van der Waals surface area contributed by atoms with E-state index in [4.69, 9.17) is 5.73 Å². The van der Waals surface area contributed by atoms with Gasteiger partial charge in [-0.25, -0.2) is 13.1 Å². The number of hydrogen-bond donors (Lipinski definition) is 2. The number of aryl methyl sites for hydroxylation is 1. The fourth-order valence-corrected chi connectivity index (χ4v) is 4.13. The molecule has 0 aliphatic carbocycles. The van der Waals surface area contributed by atoms with Gasteiger partial charge in [-0.2, -0.15) is 0 Å². The van der Waals surface area contributed by atoms with E-state index >= 15 is 0 Å². The van der Waals surface area contributed by atoms with E-state index in [-0.39, 0.29) is 10.9 Å². The maximum absolute atomic E-state index is 12.3. The Labute approximate surface area is 123 Å². The van der Waals surface area contributed by atoms with E-state index in [9.17, 15) is 8.42 Å². The van der Waals surface area contributed by atoms with Crippen molar-refractivity contribution in [3.63, 3.8) is 0 Å². The summed E-state index contributed by atoms with van der Waals surface area (Å²) in [6.45, 7) is 4.17. The molecule has 4 nitrogen and oxygen atoms in total. The lowest BCUT2D eigenvalue weighted by Crippen LogP contribution is -2.26. The van der Waals surface area contributed by atoms with Gasteiger partial charge >= 0.3 is 0 Å². The van der Waals surface area contributed by atoms with Crippen LogP contribution in [0.1, 0.15) is 28.3 Å². The molecule has 1 aromatic carbocycles. The van der Waals surface area contributed by atoms with Crippen LogP contribution in [0.3, 0.4) is 0 Å². The molecule has 1 aromatic heterocycles. The van der Waals surface area contributed by atoms with Crippen LogP contribution in [0.4, 0.5) is 0 Å². The summed E-state index contributed by atoms with van der Waals surface area (Å²) in [5.74, 6) is 0. The third-order valence-corrected chi connectivity index (χ3v) is 5.69. The largest absolute Gasteiger partial charge is 0.326 e. The van der Waals surface area contributed by atoms with Crippen LogP contribution in [-0.4, -0.2) is 8.42 Å². The second kappa shape index (κ2) is 6.05. The van der Waals surface area contributed by atoms with Crippen molar-refractivity contribution in [1.82, 2.24) is 4.72 Å². The zero-order valence-electron chi connectivity index (χ0n) is 11.5. The zero-order valence-corrected chi connectivity index (χ0v) is 13.1. The molecule has 0 fully saturated rings. The Bertz CT molecular complexity index is 693. The van der Waals surface area contributed by atoms with Gasteiger partial charge in [0.1, 0.15) is 0 Å². The van der Waals surface area contributed by atoms with Crippen LogP contribution in [0.25, 0.3) is 0 Å². The lowest BCUT2D eigenvalue weighted by molar-refractivity contribution is 0.568. The van der Waals surface area contributed by atoms with Crippen molar-refractivity contribution in [3.8, 4) is 0 Å². The maximum atomic E-state index is 12.3. The first-order valence-electron chi connectivity index (χ1n) is 6.30. The molecule has 0 amide bonds. The van der Waals surface area contributed by atoms with Crippen LogP contribution in [0.2, 0.25) is 0 Å². The molecule has 0 aliphatic heterocycles. The molecule has 0 spiro atoms. The molecule has 6 heteroatoms. The molecule has 1 heterocycles. The van der Waals surface area contributed by atoms with Crippen molar-refractivity contribution >= 4 is 21.4 Å². The summed E-state index contributed by atoms with van der Waals surface area (Å²) in [7, 11) is -3.53. The van der Waals surface area contributed by atoms with Gasteiger partial charge < -0.3 is 5.73 Å². The van der Waals surface area contributed by atoms with E-state index in [2.05, 4.69) is 4.72 Å². The van der Waals surface area contributed by atoms with Crippen molar-refractivity contribution in [2.75, 3.05) is 0 Å². The molecular formula is C14H18N2O2S2. The van der Waals surface area contributed by atoms with E-state index in [0.717, 1.165) is 15.3 Å². The van der Waals surface area contributed by atoms with E-state index in [0.29, 0.717) is 6.54 Å². The summed E-state index contributed by atoms with van der Waals surface area (Å²) in [5, 5.41) is 0. The molecule has 0 bridgehead atoms. The van der Waals surface area contributed by atoms with Crippen molar-refractivity contribution in [2.45, 2.75) is 31.3 Å². The van der Waals surface area contributed by atoms with Crippen molar-refractivity contribution in [2.24, 2.45) is 5.73 Å². The van der Waals surface area contributed by atoms with Crippen LogP contribution in [0, 0.1) is 6.92 Å². The monoisotopic (exact) mass is 310 g/mol. The molecule has 0 aliphatic rings. The van der Waals surface area contributed by atoms with Crippen LogP contribution in [0.5, 0.6) is 0 Å². The van der Waals surface area contributed by atoms with Crippen molar-refractivity contribution in [3.05, 3.63) is 51.7 Å². The van der Waals surface area contributed by atoms with Gasteiger partial charge in [-0.3, -0.25) is 0 Å². The molecular weight excluding hydrogens is 292 g/mol. The van der Waals surface area contributed by atoms with E-state index in [1.54, 1.807) is 29.5 Å². The third-order valence-electron chi connectivity index (χ3n) is 2.96. The summed E-state index contributed by atoms with van der Waals surface area (Å²) >= 11 is 1.59. The van der Waals surface area contributed by atoms with Gasteiger partial charge in [-0.1, -0.05) is 12.1 Å². The van der Waals surface area contributed by atoms with Crippen molar-refractivity contribution < 1.29 is 8.42 Å². The van der Waals surface area contributed by atoms with E-state index < -0.39 is 10.0 Å². The van der Waals surface area contributed by atoms with Crippen LogP contribution in [-0.2, 0) is 16.6 Å². The predicted octanol–water partition coefficient (Wildman–Crippen LogP) is 2.55. The Morgan fingerprint density at radius 3 is 2.65 bits per heavy atom. The van der Waals surface area contributed by atoms with E-state index in [1.807, 2.05) is 32.0 Å². The molecule has 108 valence electrons. The highest BCUT2D eigenvalue weighted by Gasteiger charge is 2.19. The highest BCUT2D eigenvalue weighted by atomic mass is 32.2. The first kappa shape index (κ1) is 15.2. The normalized spacial score (nSPS) is 13.3. The van der Waals surface area contributed by atoms with Crippen LogP contribution < -0.4 is 10.5 Å². The van der Waals surface area contributed by atoms with Crippen molar-refractivity contribution in [1.29, 1.82) is 0 Å². The first-order chi connectivity index (χ1) is 9.42. The number of benzene rings is 1. The van der Waals surface area contributed by atoms with Gasteiger partial charge in [0.25, 0.3) is 0 Å². The van der Waals surface area contributed by atoms with Gasteiger partial charge in [0.15, 0.2) is 0 Å². The van der Waals surface area contributed by atoms with Gasteiger partial charge in [-0.05, 0) is 43.7 Å². The standard InChI is InChI=1S/C14H18N2O2S2/c1-10-6-7-14(19-10)11(2)16-20(17,18)13-5-3-4-12(8-13)9-15/h3-8,11,16H,9,15H2,1-2H3. The highest BCUT2D eigenvalue weighted by Crippen LogP contribution is 2.24. The van der Waals surface area contributed by atoms with E-state index in [1.165, 1.54) is 0 Å². The molecule has 0 radical (unpaired) electrons. The Morgan fingerprint density at radius 2 is 2.05 bits per heavy atom. The van der Waals surface area contributed by atoms with Crippen LogP contribution >= 0.6 is 11.3 Å². The second-order valence-corrected chi connectivity index (χ2v) is 7.68. The number of nitrogens with one attached hydrogen (secondary N) is 1. The van der Waals surface area contributed by atoms with Crippen LogP contribution in [0.15, 0.2) is 41.3 Å². The molecule has 2 aromatic rings. The highest BCUT2D eigenvalue weighted by molar-refractivity contribution is 7.89. The number of hydrogen-bond acceptors (Lipinski definition) is 4. The topological polar surface area (TPSA) is 72.2 Å². The first-order valence-corrected chi connectivity index (χ1v) is 8.60. The summed E-state index contributed by atoms with van der Waals surface area (Å²) in [6.07, 6.45) is 0. The average Bonchev–Trinajstić information content (AvgIpc) is 2.85. The number of sulfonamides is 1. The molecule has 0 saturated carbocycles. The Hall–Kier alpha value is -1.21. The van der Waals surface area contributed by atoms with Gasteiger partial charge in [0.2, 0.25) is 10.0 Å². The molecule has 2 rings (SSSR count). The van der Waals surface area contributed by atoms with Gasteiger partial charge in [0.05, 0.1) is 10.9 Å². The molecule has 3 N–H and O–H groups in total. The Morgan fingerprint density at radius 1 is 1.30 bits per heavy atom. The zero-order chi connectivity index (χ0) is 14.8. The number of thiophene rings is 1. The number of nitrogens with two attached hydrogens (primary N) is 1. The predicted molar refractivity (Wildman–Crippen MR) is 82.1 cm³/mol. The summed E-state index contributed by atoms with van der Waals surface area (Å²) in [4.78, 5) is 2.41. The van der Waals surface area contributed by atoms with Gasteiger partial charge in [-0.15, -0.1) is 11.3 Å². The lowest BCUT2D eigenvalue weighted by atomic mass is 10.2. The average molecular weight is 310 g/mol. The Kier molecular flexibility index (Phi) is 4.59. The summed E-state index contributed by atoms with van der Waals surface area (Å²) in [5.41, 5.74) is 6.34.